The molecule has 0 aromatic heterocycles. The zero-order valence-electron chi connectivity index (χ0n) is 14.7. The molecule has 0 atom stereocenters. The quantitative estimate of drug-likeness (QED) is 0.839. The SMILES string of the molecule is CN(C(=O)C1(c2c(F)cccc2F)CCC1)c1ccc(OCC(=O)O)cc1. The van der Waals surface area contributed by atoms with Gasteiger partial charge in [0.25, 0.3) is 0 Å². The third-order valence-electron chi connectivity index (χ3n) is 4.95. The molecule has 1 amide bonds. The predicted molar refractivity (Wildman–Crippen MR) is 94.9 cm³/mol. The number of aliphatic carboxylic acids is 1. The summed E-state index contributed by atoms with van der Waals surface area (Å²) < 4.78 is 33.7. The Morgan fingerprint density at radius 1 is 1.11 bits per heavy atom. The van der Waals surface area contributed by atoms with Crippen LogP contribution in [-0.2, 0) is 15.0 Å². The molecule has 1 aliphatic rings. The number of carboxylic acids is 1. The number of carboxylic acid groups (broad SMARTS) is 1. The summed E-state index contributed by atoms with van der Waals surface area (Å²) >= 11 is 0. The molecule has 0 radical (unpaired) electrons. The topological polar surface area (TPSA) is 66.8 Å². The molecule has 0 bridgehead atoms. The van der Waals surface area contributed by atoms with Gasteiger partial charge in [-0.05, 0) is 49.2 Å². The minimum atomic E-state index is -1.21. The Morgan fingerprint density at radius 2 is 1.70 bits per heavy atom. The van der Waals surface area contributed by atoms with Gasteiger partial charge in [0.05, 0.1) is 5.41 Å². The van der Waals surface area contributed by atoms with Crippen molar-refractivity contribution in [3.05, 3.63) is 59.7 Å². The summed E-state index contributed by atoms with van der Waals surface area (Å²) in [5.41, 5.74) is -0.858. The van der Waals surface area contributed by atoms with Crippen LogP contribution in [0, 0.1) is 11.6 Å². The average Bonchev–Trinajstić information content (AvgIpc) is 2.61. The van der Waals surface area contributed by atoms with Crippen LogP contribution in [0.15, 0.2) is 42.5 Å². The lowest BCUT2D eigenvalue weighted by Crippen LogP contribution is -2.51. The average molecular weight is 375 g/mol. The Morgan fingerprint density at radius 3 is 2.19 bits per heavy atom. The van der Waals surface area contributed by atoms with Gasteiger partial charge in [0, 0.05) is 18.3 Å². The van der Waals surface area contributed by atoms with E-state index in [9.17, 15) is 18.4 Å². The van der Waals surface area contributed by atoms with Crippen LogP contribution in [-0.4, -0.2) is 30.6 Å². The maximum absolute atomic E-state index is 14.3. The van der Waals surface area contributed by atoms with Gasteiger partial charge in [-0.1, -0.05) is 12.5 Å². The molecule has 2 aromatic carbocycles. The minimum Gasteiger partial charge on any atom is -0.482 e. The number of carbonyl (C=O) groups is 2. The number of ether oxygens (including phenoxy) is 1. The van der Waals surface area contributed by atoms with E-state index < -0.39 is 29.6 Å². The first-order valence-corrected chi connectivity index (χ1v) is 8.52. The molecule has 0 saturated heterocycles. The van der Waals surface area contributed by atoms with E-state index in [1.807, 2.05) is 0 Å². The summed E-state index contributed by atoms with van der Waals surface area (Å²) in [6.07, 6.45) is 1.48. The van der Waals surface area contributed by atoms with Crippen molar-refractivity contribution < 1.29 is 28.2 Å². The molecule has 0 spiro atoms. The van der Waals surface area contributed by atoms with Crippen LogP contribution in [0.5, 0.6) is 5.75 Å². The van der Waals surface area contributed by atoms with Crippen molar-refractivity contribution >= 4 is 17.6 Å². The van der Waals surface area contributed by atoms with Crippen LogP contribution in [0.2, 0.25) is 0 Å². The smallest absolute Gasteiger partial charge is 0.341 e. The number of carbonyl (C=O) groups excluding carboxylic acids is 1. The highest BCUT2D eigenvalue weighted by atomic mass is 19.1. The van der Waals surface area contributed by atoms with Crippen LogP contribution in [0.25, 0.3) is 0 Å². The lowest BCUT2D eigenvalue weighted by Gasteiger charge is -2.43. The summed E-state index contributed by atoms with van der Waals surface area (Å²) in [4.78, 5) is 25.0. The third kappa shape index (κ3) is 3.49. The summed E-state index contributed by atoms with van der Waals surface area (Å²) in [6.45, 7) is -0.468. The van der Waals surface area contributed by atoms with Gasteiger partial charge in [-0.25, -0.2) is 13.6 Å². The van der Waals surface area contributed by atoms with E-state index in [0.717, 1.165) is 6.42 Å². The zero-order valence-corrected chi connectivity index (χ0v) is 14.7. The molecule has 0 unspecified atom stereocenters. The Bertz CT molecular complexity index is 843. The molecule has 3 rings (SSSR count). The second-order valence-corrected chi connectivity index (χ2v) is 6.57. The lowest BCUT2D eigenvalue weighted by molar-refractivity contribution is -0.139. The molecule has 7 heteroatoms. The van der Waals surface area contributed by atoms with Gasteiger partial charge in [0.2, 0.25) is 5.91 Å². The summed E-state index contributed by atoms with van der Waals surface area (Å²) in [7, 11) is 1.55. The van der Waals surface area contributed by atoms with Crippen LogP contribution in [0.4, 0.5) is 14.5 Å². The van der Waals surface area contributed by atoms with Crippen LogP contribution in [0.3, 0.4) is 0 Å². The summed E-state index contributed by atoms with van der Waals surface area (Å²) in [6, 6.07) is 9.89. The Balaban J connectivity index is 1.84. The molecule has 0 aliphatic heterocycles. The third-order valence-corrected chi connectivity index (χ3v) is 4.95. The molecular weight excluding hydrogens is 356 g/mol. The molecule has 1 aliphatic carbocycles. The Hall–Kier alpha value is -2.96. The number of halogens is 2. The standard InChI is InChI=1S/C20H19F2NO4/c1-23(13-6-8-14(9-7-13)27-12-17(24)25)19(26)20(10-3-11-20)18-15(21)4-2-5-16(18)22/h2,4-9H,3,10-12H2,1H3,(H,24,25). The molecule has 1 fully saturated rings. The highest BCUT2D eigenvalue weighted by Crippen LogP contribution is 2.47. The number of anilines is 1. The number of amides is 1. The van der Waals surface area contributed by atoms with E-state index in [4.69, 9.17) is 9.84 Å². The monoisotopic (exact) mass is 375 g/mol. The second kappa shape index (κ2) is 7.34. The van der Waals surface area contributed by atoms with Crippen molar-refractivity contribution in [1.29, 1.82) is 0 Å². The van der Waals surface area contributed by atoms with E-state index >= 15 is 0 Å². The number of hydrogen-bond acceptors (Lipinski definition) is 3. The predicted octanol–water partition coefficient (Wildman–Crippen LogP) is 3.51. The van der Waals surface area contributed by atoms with E-state index in [2.05, 4.69) is 0 Å². The van der Waals surface area contributed by atoms with Crippen molar-refractivity contribution in [2.75, 3.05) is 18.6 Å². The number of rotatable bonds is 6. The first-order valence-electron chi connectivity index (χ1n) is 8.52. The zero-order chi connectivity index (χ0) is 19.6. The number of nitrogens with zero attached hydrogens (tertiary/aromatic N) is 1. The minimum absolute atomic E-state index is 0.172. The first-order chi connectivity index (χ1) is 12.8. The normalized spacial score (nSPS) is 14.9. The molecule has 5 nitrogen and oxygen atoms in total. The molecule has 0 heterocycles. The Labute approximate surface area is 155 Å². The van der Waals surface area contributed by atoms with E-state index in [0.29, 0.717) is 24.3 Å². The van der Waals surface area contributed by atoms with Crippen molar-refractivity contribution in [2.45, 2.75) is 24.7 Å². The van der Waals surface area contributed by atoms with Crippen LogP contribution < -0.4 is 9.64 Å². The number of hydrogen-bond donors (Lipinski definition) is 1. The molecule has 2 aromatic rings. The maximum atomic E-state index is 14.3. The molecule has 27 heavy (non-hydrogen) atoms. The van der Waals surface area contributed by atoms with Gasteiger partial charge in [-0.2, -0.15) is 0 Å². The second-order valence-electron chi connectivity index (χ2n) is 6.57. The fraction of sp³-hybridized carbons (Fsp3) is 0.300. The lowest BCUT2D eigenvalue weighted by atomic mass is 9.63. The number of likely N-dealkylation sites (N-methyl/N-ethyl adjacent to an activating group) is 1. The maximum Gasteiger partial charge on any atom is 0.341 e. The van der Waals surface area contributed by atoms with Crippen molar-refractivity contribution in [3.63, 3.8) is 0 Å². The van der Waals surface area contributed by atoms with Crippen molar-refractivity contribution in [3.8, 4) is 5.75 Å². The summed E-state index contributed by atoms with van der Waals surface area (Å²) in [5.74, 6) is -2.55. The van der Waals surface area contributed by atoms with Gasteiger partial charge in [-0.15, -0.1) is 0 Å². The fourth-order valence-corrected chi connectivity index (χ4v) is 3.41. The summed E-state index contributed by atoms with van der Waals surface area (Å²) in [5, 5.41) is 8.63. The van der Waals surface area contributed by atoms with Gasteiger partial charge >= 0.3 is 5.97 Å². The highest BCUT2D eigenvalue weighted by Gasteiger charge is 2.50. The van der Waals surface area contributed by atoms with E-state index in [1.165, 1.54) is 23.1 Å². The van der Waals surface area contributed by atoms with E-state index in [1.54, 1.807) is 31.3 Å². The van der Waals surface area contributed by atoms with Gasteiger partial charge < -0.3 is 14.7 Å². The van der Waals surface area contributed by atoms with Crippen LogP contribution in [0.1, 0.15) is 24.8 Å². The molecule has 142 valence electrons. The van der Waals surface area contributed by atoms with Crippen molar-refractivity contribution in [1.82, 2.24) is 0 Å². The Kier molecular flexibility index (Phi) is 5.12. The molecular formula is C20H19F2NO4. The molecule has 1 saturated carbocycles. The highest BCUT2D eigenvalue weighted by molar-refractivity contribution is 6.01. The van der Waals surface area contributed by atoms with E-state index in [-0.39, 0.29) is 11.5 Å². The first kappa shape index (κ1) is 18.8. The number of benzene rings is 2. The van der Waals surface area contributed by atoms with Crippen LogP contribution >= 0.6 is 0 Å². The van der Waals surface area contributed by atoms with Gasteiger partial charge in [-0.3, -0.25) is 4.79 Å². The van der Waals surface area contributed by atoms with Gasteiger partial charge in [0.15, 0.2) is 6.61 Å². The fourth-order valence-electron chi connectivity index (χ4n) is 3.41. The van der Waals surface area contributed by atoms with Crippen molar-refractivity contribution in [2.24, 2.45) is 0 Å². The largest absolute Gasteiger partial charge is 0.482 e. The van der Waals surface area contributed by atoms with Gasteiger partial charge in [0.1, 0.15) is 17.4 Å². The molecule has 1 N–H and O–H groups in total.